The number of imide groups is 1. The van der Waals surface area contributed by atoms with Crippen LogP contribution < -0.4 is 30.6 Å². The number of nitrogens with one attached hydrogen (secondary N) is 1. The Morgan fingerprint density at radius 1 is 0.924 bits per heavy atom. The second-order valence-electron chi connectivity index (χ2n) is 19.1. The Bertz CT molecular complexity index is 3090. The van der Waals surface area contributed by atoms with Gasteiger partial charge in [-0.3, -0.25) is 29.1 Å². The van der Waals surface area contributed by atoms with Crippen LogP contribution in [0.1, 0.15) is 74.6 Å². The van der Waals surface area contributed by atoms with Gasteiger partial charge in [0.15, 0.2) is 17.4 Å². The van der Waals surface area contributed by atoms with Gasteiger partial charge in [-0.15, -0.1) is 0 Å². The van der Waals surface area contributed by atoms with Crippen molar-refractivity contribution in [2.75, 3.05) is 49.1 Å². The number of halogens is 3. The predicted octanol–water partition coefficient (Wildman–Crippen LogP) is 5.05. The normalized spacial score (nSPS) is 23.6. The number of nitrogens with zero attached hydrogens (tertiary/aromatic N) is 9. The molecule has 2 spiro atoms. The molecule has 0 radical (unpaired) electrons. The lowest BCUT2D eigenvalue weighted by Crippen LogP contribution is -2.67. The van der Waals surface area contributed by atoms with Gasteiger partial charge in [0.1, 0.15) is 29.4 Å². The van der Waals surface area contributed by atoms with E-state index >= 15 is 13.2 Å². The van der Waals surface area contributed by atoms with Crippen molar-refractivity contribution < 1.29 is 35.9 Å². The first-order chi connectivity index (χ1) is 31.5. The molecular weight excluding hydrogens is 880 g/mol. The fourth-order valence-corrected chi connectivity index (χ4v) is 12.6. The zero-order valence-corrected chi connectivity index (χ0v) is 36.7. The minimum Gasteiger partial charge on any atom is -0.453 e. The van der Waals surface area contributed by atoms with Crippen molar-refractivity contribution >= 4 is 55.5 Å². The lowest BCUT2D eigenvalue weighted by atomic mass is 9.57. The number of likely N-dealkylation sites (tertiary alicyclic amines) is 1. The van der Waals surface area contributed by atoms with Crippen molar-refractivity contribution in [1.82, 2.24) is 33.9 Å². The highest BCUT2D eigenvalue weighted by atomic mass is 32.2. The summed E-state index contributed by atoms with van der Waals surface area (Å²) in [6.07, 6.45) is 5.69. The van der Waals surface area contributed by atoms with Gasteiger partial charge < -0.3 is 14.5 Å². The highest BCUT2D eigenvalue weighted by Gasteiger charge is 2.56. The number of fused-ring (bicyclic) bond motifs is 2. The number of aromatic nitrogens is 4. The zero-order chi connectivity index (χ0) is 46.0. The van der Waals surface area contributed by atoms with Crippen molar-refractivity contribution in [2.24, 2.45) is 23.0 Å². The first kappa shape index (κ1) is 42.5. The van der Waals surface area contributed by atoms with E-state index in [2.05, 4.69) is 25.2 Å². The summed E-state index contributed by atoms with van der Waals surface area (Å²) in [7, 11) is -2.58. The maximum atomic E-state index is 15.7. The number of urea groups is 1. The Labute approximate surface area is 376 Å². The standard InChI is InChI=1S/C45H46F3N11O6S/c1-54-36-16-37(34(48)15-30(36)41(53-54)57-10-7-38(60)52-43(57)62)56-22-45(23-56)17-25(18-45)55-12-8-44(9-13-55)19-26(20-44)58-24-51-35-5-2-27(14-29(35)42(58)61)65-40-31(21-49)28(3-4-33(40)47)39-32(46)6-11-59(39)66(50,63)64/h2-5,14-16,24-26,32,39H,6-13,17-20,22-23H2,1H3,(H2,50,63,64)(H,52,60,62). The van der Waals surface area contributed by atoms with Crippen molar-refractivity contribution in [1.29, 1.82) is 5.26 Å². The summed E-state index contributed by atoms with van der Waals surface area (Å²) in [5.41, 5.74) is 1.16. The van der Waals surface area contributed by atoms with Gasteiger partial charge in [-0.25, -0.2) is 28.1 Å². The zero-order valence-electron chi connectivity index (χ0n) is 35.9. The Hall–Kier alpha value is -6.08. The molecule has 2 atom stereocenters. The first-order valence-electron chi connectivity index (χ1n) is 22.1. The van der Waals surface area contributed by atoms with Gasteiger partial charge in [-0.05, 0) is 105 Å². The third kappa shape index (κ3) is 6.90. The molecule has 2 saturated carbocycles. The number of amides is 3. The molecule has 4 aliphatic heterocycles. The van der Waals surface area contributed by atoms with Gasteiger partial charge in [0.25, 0.3) is 15.8 Å². The molecule has 6 heterocycles. The topological polar surface area (TPSA) is 205 Å². The maximum Gasteiger partial charge on any atom is 0.329 e. The fraction of sp³-hybridized carbons (Fsp3) is 0.467. The van der Waals surface area contributed by atoms with Gasteiger partial charge in [0.05, 0.1) is 34.5 Å². The van der Waals surface area contributed by atoms with Crippen LogP contribution in [0.5, 0.6) is 11.5 Å². The number of hydrogen-bond donors (Lipinski definition) is 2. The smallest absolute Gasteiger partial charge is 0.329 e. The van der Waals surface area contributed by atoms with Crippen LogP contribution in [0, 0.1) is 33.8 Å². The number of benzene rings is 3. The van der Waals surface area contributed by atoms with E-state index in [0.717, 1.165) is 81.1 Å². The van der Waals surface area contributed by atoms with Gasteiger partial charge in [-0.2, -0.15) is 23.1 Å². The number of piperidine rings is 1. The Kier molecular flexibility index (Phi) is 9.82. The number of hydrogen-bond acceptors (Lipinski definition) is 11. The average Bonchev–Trinajstić information content (AvgIpc) is 3.79. The van der Waals surface area contributed by atoms with Crippen molar-refractivity contribution in [3.8, 4) is 17.6 Å². The summed E-state index contributed by atoms with van der Waals surface area (Å²) in [4.78, 5) is 48.7. The maximum absolute atomic E-state index is 15.7. The molecule has 3 aromatic carbocycles. The molecule has 3 N–H and O–H groups in total. The number of rotatable bonds is 8. The van der Waals surface area contributed by atoms with Crippen LogP contribution in [0.25, 0.3) is 21.8 Å². The molecule has 11 rings (SSSR count). The minimum absolute atomic E-state index is 0.0435. The Morgan fingerprint density at radius 2 is 1.67 bits per heavy atom. The largest absolute Gasteiger partial charge is 0.453 e. The molecule has 4 saturated heterocycles. The highest BCUT2D eigenvalue weighted by molar-refractivity contribution is 7.86. The predicted molar refractivity (Wildman–Crippen MR) is 235 cm³/mol. The van der Waals surface area contributed by atoms with E-state index < -0.39 is 40.0 Å². The molecule has 2 aromatic heterocycles. The van der Waals surface area contributed by atoms with Crippen LogP contribution in [-0.4, -0.2) is 100 Å². The van der Waals surface area contributed by atoms with Crippen LogP contribution in [-0.2, 0) is 22.1 Å². The number of ether oxygens (including phenoxy) is 1. The number of anilines is 2. The first-order valence-corrected chi connectivity index (χ1v) is 23.6. The van der Waals surface area contributed by atoms with E-state index in [9.17, 15) is 28.1 Å². The summed E-state index contributed by atoms with van der Waals surface area (Å²) in [5, 5.41) is 23.0. The molecule has 2 aliphatic carbocycles. The van der Waals surface area contributed by atoms with Gasteiger partial charge in [-0.1, -0.05) is 6.07 Å². The van der Waals surface area contributed by atoms with Crippen LogP contribution in [0.2, 0.25) is 0 Å². The fourth-order valence-electron chi connectivity index (χ4n) is 11.7. The molecular formula is C45H46F3N11O6S. The van der Waals surface area contributed by atoms with Crippen LogP contribution in [0.4, 0.5) is 29.5 Å². The van der Waals surface area contributed by atoms with Crippen LogP contribution >= 0.6 is 0 Å². The number of carbonyl (C=O) groups is 2. The third-order valence-corrected chi connectivity index (χ3v) is 16.3. The van der Waals surface area contributed by atoms with Crippen LogP contribution in [0.15, 0.2) is 53.6 Å². The van der Waals surface area contributed by atoms with E-state index in [0.29, 0.717) is 34.0 Å². The summed E-state index contributed by atoms with van der Waals surface area (Å²) < 4.78 is 80.5. The summed E-state index contributed by atoms with van der Waals surface area (Å²) in [5.74, 6) is -1.80. The second-order valence-corrected chi connectivity index (χ2v) is 20.6. The molecule has 66 heavy (non-hydrogen) atoms. The van der Waals surface area contributed by atoms with Gasteiger partial charge in [0, 0.05) is 62.5 Å². The number of nitrogens with two attached hydrogens (primary N) is 1. The quantitative estimate of drug-likeness (QED) is 0.211. The lowest BCUT2D eigenvalue weighted by Gasteiger charge is -2.63. The second kappa shape index (κ2) is 15.2. The molecule has 0 bridgehead atoms. The van der Waals surface area contributed by atoms with E-state index in [1.807, 2.05) is 6.07 Å². The summed E-state index contributed by atoms with van der Waals surface area (Å²) in [6.45, 7) is 3.45. The molecule has 344 valence electrons. The average molecular weight is 926 g/mol. The molecule has 2 unspecified atom stereocenters. The van der Waals surface area contributed by atoms with E-state index in [1.54, 1.807) is 34.8 Å². The van der Waals surface area contributed by atoms with E-state index in [-0.39, 0.29) is 82.3 Å². The molecule has 6 fully saturated rings. The molecule has 17 nitrogen and oxygen atoms in total. The number of alkyl halides is 1. The Morgan fingerprint density at radius 3 is 2.38 bits per heavy atom. The van der Waals surface area contributed by atoms with E-state index in [4.69, 9.17) is 9.88 Å². The van der Waals surface area contributed by atoms with Crippen molar-refractivity contribution in [3.63, 3.8) is 0 Å². The molecule has 6 aliphatic rings. The SMILES string of the molecule is Cn1nc(N2CCC(=O)NC2=O)c2cc(F)c(N3CC4(CC(N5CCC6(CC5)CC(n5cnc7ccc(Oc8c(F)ccc(C9C(F)CCN9S(N)(=O)=O)c8C#N)cc7c5=O)C6)C4)C3)cc21. The summed E-state index contributed by atoms with van der Waals surface area (Å²) >= 11 is 0. The number of carbonyl (C=O) groups excluding carboxylic acids is 2. The van der Waals surface area contributed by atoms with Crippen molar-refractivity contribution in [2.45, 2.75) is 75.7 Å². The summed E-state index contributed by atoms with van der Waals surface area (Å²) in [6, 6.07) is 10.1. The monoisotopic (exact) mass is 925 g/mol. The lowest BCUT2D eigenvalue weighted by molar-refractivity contribution is -0.120. The van der Waals surface area contributed by atoms with Gasteiger partial charge in [0.2, 0.25) is 5.91 Å². The Balaban J connectivity index is 0.710. The van der Waals surface area contributed by atoms with Crippen molar-refractivity contribution in [3.05, 3.63) is 81.9 Å². The van der Waals surface area contributed by atoms with E-state index in [1.165, 1.54) is 23.1 Å². The van der Waals surface area contributed by atoms with Gasteiger partial charge >= 0.3 is 6.03 Å². The highest BCUT2D eigenvalue weighted by Crippen LogP contribution is 2.57. The number of nitriles is 1. The molecule has 5 aromatic rings. The number of aryl methyl sites for hydroxylation is 1. The minimum atomic E-state index is -4.33. The van der Waals surface area contributed by atoms with Crippen LogP contribution in [0.3, 0.4) is 0 Å². The molecule has 3 amide bonds. The third-order valence-electron chi connectivity index (χ3n) is 15.2. The molecule has 21 heteroatoms.